The van der Waals surface area contributed by atoms with Gasteiger partial charge in [0.2, 0.25) is 0 Å². The summed E-state index contributed by atoms with van der Waals surface area (Å²) in [7, 11) is 0. The van der Waals surface area contributed by atoms with Gasteiger partial charge in [-0.25, -0.2) is 9.97 Å². The molecule has 0 aliphatic heterocycles. The summed E-state index contributed by atoms with van der Waals surface area (Å²) in [6.07, 6.45) is 0. The minimum atomic E-state index is -0.0264. The van der Waals surface area contributed by atoms with Crippen LogP contribution in [-0.2, 0) is 0 Å². The Morgan fingerprint density at radius 1 is 0.760 bits per heavy atom. The van der Waals surface area contributed by atoms with Crippen LogP contribution in [0.5, 0.6) is 5.75 Å². The lowest BCUT2D eigenvalue weighted by molar-refractivity contribution is 0.342. The molecule has 0 spiro atoms. The van der Waals surface area contributed by atoms with Gasteiger partial charge in [-0.3, -0.25) is 0 Å². The van der Waals surface area contributed by atoms with Crippen LogP contribution < -0.4 is 4.84 Å². The topological polar surface area (TPSA) is 95.0 Å². The van der Waals surface area contributed by atoms with Gasteiger partial charge in [0, 0.05) is 11.1 Å². The van der Waals surface area contributed by atoms with Gasteiger partial charge in [-0.2, -0.15) is 10.5 Å². The van der Waals surface area contributed by atoms with Crippen molar-refractivity contribution in [3.8, 4) is 29.1 Å². The smallest absolute Gasteiger partial charge is 0.177 e. The van der Waals surface area contributed by atoms with Gasteiger partial charge in [-0.15, -0.1) is 0 Å². The van der Waals surface area contributed by atoms with E-state index in [2.05, 4.69) is 15.1 Å². The zero-order valence-corrected chi connectivity index (χ0v) is 12.8. The third kappa shape index (κ3) is 2.39. The standard InChI is InChI=1S/C19H9N5O/c20-10-15-16(11-21)23-19-17(22-15)13-8-4-5-9-14(13)18(19)24-25-12-6-2-1-3-7-12/h1-9H/b24-18+. The summed E-state index contributed by atoms with van der Waals surface area (Å²) in [5.74, 6) is 0.586. The highest BCUT2D eigenvalue weighted by Crippen LogP contribution is 2.35. The molecular formula is C19H9N5O. The summed E-state index contributed by atoms with van der Waals surface area (Å²) in [5, 5.41) is 22.6. The van der Waals surface area contributed by atoms with Crippen LogP contribution in [0.4, 0.5) is 0 Å². The Morgan fingerprint density at radius 3 is 2.04 bits per heavy atom. The first-order chi connectivity index (χ1) is 12.3. The first-order valence-electron chi connectivity index (χ1n) is 7.44. The van der Waals surface area contributed by atoms with E-state index in [-0.39, 0.29) is 11.4 Å². The maximum absolute atomic E-state index is 9.22. The van der Waals surface area contributed by atoms with Gasteiger partial charge in [0.25, 0.3) is 0 Å². The highest BCUT2D eigenvalue weighted by Gasteiger charge is 2.30. The highest BCUT2D eigenvalue weighted by molar-refractivity contribution is 6.22. The van der Waals surface area contributed by atoms with Crippen molar-refractivity contribution in [1.82, 2.24) is 9.97 Å². The number of benzene rings is 2. The highest BCUT2D eigenvalue weighted by atomic mass is 16.6. The lowest BCUT2D eigenvalue weighted by atomic mass is 10.1. The summed E-state index contributed by atoms with van der Waals surface area (Å²) >= 11 is 0. The zero-order valence-electron chi connectivity index (χ0n) is 12.8. The Labute approximate surface area is 143 Å². The average Bonchev–Trinajstić information content (AvgIpc) is 2.98. The van der Waals surface area contributed by atoms with Crippen molar-refractivity contribution in [3.63, 3.8) is 0 Å². The fourth-order valence-electron chi connectivity index (χ4n) is 2.64. The Morgan fingerprint density at radius 2 is 1.36 bits per heavy atom. The molecule has 4 rings (SSSR count). The number of fused-ring (bicyclic) bond motifs is 3. The van der Waals surface area contributed by atoms with E-state index in [1.165, 1.54) is 0 Å². The van der Waals surface area contributed by atoms with Gasteiger partial charge in [0.05, 0.1) is 0 Å². The van der Waals surface area contributed by atoms with Crippen LogP contribution in [0.1, 0.15) is 22.6 Å². The van der Waals surface area contributed by atoms with Gasteiger partial charge in [-0.1, -0.05) is 47.6 Å². The molecule has 1 heterocycles. The Balaban J connectivity index is 1.89. The third-order valence-electron chi connectivity index (χ3n) is 3.75. The van der Waals surface area contributed by atoms with Crippen LogP contribution in [0.2, 0.25) is 0 Å². The lowest BCUT2D eigenvalue weighted by Gasteiger charge is -2.02. The van der Waals surface area contributed by atoms with Crippen molar-refractivity contribution in [2.45, 2.75) is 0 Å². The van der Waals surface area contributed by atoms with Crippen LogP contribution in [0, 0.1) is 22.7 Å². The van der Waals surface area contributed by atoms with E-state index in [1.54, 1.807) is 12.1 Å². The summed E-state index contributed by atoms with van der Waals surface area (Å²) in [6.45, 7) is 0. The molecule has 2 aromatic carbocycles. The second kappa shape index (κ2) is 5.88. The second-order valence-corrected chi connectivity index (χ2v) is 5.23. The summed E-state index contributed by atoms with van der Waals surface area (Å²) < 4.78 is 0. The second-order valence-electron chi connectivity index (χ2n) is 5.23. The number of nitriles is 2. The largest absolute Gasteiger partial charge is 0.356 e. The van der Waals surface area contributed by atoms with Crippen LogP contribution in [0.3, 0.4) is 0 Å². The molecule has 1 aliphatic rings. The number of nitrogens with zero attached hydrogens (tertiary/aromatic N) is 5. The van der Waals surface area contributed by atoms with Gasteiger partial charge in [-0.05, 0) is 12.1 Å². The molecular weight excluding hydrogens is 314 g/mol. The van der Waals surface area contributed by atoms with Crippen molar-refractivity contribution in [2.75, 3.05) is 0 Å². The molecule has 0 amide bonds. The molecule has 0 bridgehead atoms. The molecule has 0 saturated heterocycles. The minimum Gasteiger partial charge on any atom is -0.356 e. The summed E-state index contributed by atoms with van der Waals surface area (Å²) in [5.41, 5.74) is 3.04. The monoisotopic (exact) mass is 323 g/mol. The zero-order chi connectivity index (χ0) is 17.2. The van der Waals surface area contributed by atoms with E-state index in [0.29, 0.717) is 22.8 Å². The quantitative estimate of drug-likeness (QED) is 0.528. The van der Waals surface area contributed by atoms with Crippen molar-refractivity contribution in [1.29, 1.82) is 10.5 Å². The molecule has 0 saturated carbocycles. The van der Waals surface area contributed by atoms with E-state index in [4.69, 9.17) is 4.84 Å². The first kappa shape index (κ1) is 14.6. The SMILES string of the molecule is N#Cc1nc2c(nc1C#N)-c1ccccc1/C2=N\Oc1ccccc1. The van der Waals surface area contributed by atoms with Crippen molar-refractivity contribution < 1.29 is 4.84 Å². The molecule has 6 nitrogen and oxygen atoms in total. The molecule has 1 aromatic heterocycles. The fraction of sp³-hybridized carbons (Fsp3) is 0. The van der Waals surface area contributed by atoms with E-state index in [9.17, 15) is 10.5 Å². The Kier molecular flexibility index (Phi) is 3.42. The van der Waals surface area contributed by atoms with Gasteiger partial charge < -0.3 is 4.84 Å². The summed E-state index contributed by atoms with van der Waals surface area (Å²) in [6, 6.07) is 20.5. The van der Waals surface area contributed by atoms with Crippen molar-refractivity contribution in [2.24, 2.45) is 5.16 Å². The van der Waals surface area contributed by atoms with Crippen LogP contribution >= 0.6 is 0 Å². The molecule has 25 heavy (non-hydrogen) atoms. The van der Waals surface area contributed by atoms with E-state index in [1.807, 2.05) is 54.6 Å². The average molecular weight is 323 g/mol. The number of hydrogen-bond donors (Lipinski definition) is 0. The van der Waals surface area contributed by atoms with Crippen LogP contribution in [0.25, 0.3) is 11.3 Å². The van der Waals surface area contributed by atoms with Gasteiger partial charge in [0.1, 0.15) is 29.2 Å². The molecule has 0 N–H and O–H groups in total. The lowest BCUT2D eigenvalue weighted by Crippen LogP contribution is -2.07. The summed E-state index contributed by atoms with van der Waals surface area (Å²) in [4.78, 5) is 14.1. The molecule has 116 valence electrons. The van der Waals surface area contributed by atoms with Crippen LogP contribution in [-0.4, -0.2) is 15.7 Å². The molecule has 0 atom stereocenters. The van der Waals surface area contributed by atoms with Crippen LogP contribution in [0.15, 0.2) is 59.8 Å². The Hall–Kier alpha value is -4.03. The minimum absolute atomic E-state index is 0.00119. The first-order valence-corrected chi connectivity index (χ1v) is 7.44. The number of rotatable bonds is 2. The van der Waals surface area contributed by atoms with Crippen molar-refractivity contribution in [3.05, 3.63) is 77.2 Å². The maximum atomic E-state index is 9.22. The predicted octanol–water partition coefficient (Wildman–Crippen LogP) is 3.03. The molecule has 0 fully saturated rings. The Bertz CT molecular complexity index is 1090. The number of oxime groups is 1. The van der Waals surface area contributed by atoms with E-state index >= 15 is 0 Å². The number of aromatic nitrogens is 2. The number of para-hydroxylation sites is 1. The predicted molar refractivity (Wildman–Crippen MR) is 89.6 cm³/mol. The molecule has 0 radical (unpaired) electrons. The molecule has 1 aliphatic carbocycles. The molecule has 0 unspecified atom stereocenters. The van der Waals surface area contributed by atoms with Crippen molar-refractivity contribution >= 4 is 5.71 Å². The normalized spacial score (nSPS) is 12.8. The maximum Gasteiger partial charge on any atom is 0.177 e. The van der Waals surface area contributed by atoms with Gasteiger partial charge in [0.15, 0.2) is 17.1 Å². The molecule has 3 aromatic rings. The molecule has 6 heteroatoms. The number of hydrogen-bond acceptors (Lipinski definition) is 6. The third-order valence-corrected chi connectivity index (χ3v) is 3.75. The van der Waals surface area contributed by atoms with E-state index < -0.39 is 0 Å². The fourth-order valence-corrected chi connectivity index (χ4v) is 2.64. The van der Waals surface area contributed by atoms with E-state index in [0.717, 1.165) is 11.1 Å². The van der Waals surface area contributed by atoms with Gasteiger partial charge >= 0.3 is 0 Å².